The summed E-state index contributed by atoms with van der Waals surface area (Å²) in [6.07, 6.45) is 1.50. The number of hydrogen-bond donors (Lipinski definition) is 2. The van der Waals surface area contributed by atoms with Crippen LogP contribution in [0.25, 0.3) is 0 Å². The largest absolute Gasteiger partial charge is 0.467 e. The highest BCUT2D eigenvalue weighted by atomic mass is 16.6. The van der Waals surface area contributed by atoms with Crippen molar-refractivity contribution in [3.63, 3.8) is 0 Å². The fraction of sp³-hybridized carbons (Fsp3) is 0.316. The Morgan fingerprint density at radius 2 is 2.00 bits per heavy atom. The van der Waals surface area contributed by atoms with Gasteiger partial charge in [0.05, 0.1) is 18.5 Å². The number of carbonyl (C=O) groups is 2. The van der Waals surface area contributed by atoms with Crippen LogP contribution in [0.1, 0.15) is 29.7 Å². The molecular weight excluding hydrogens is 334 g/mol. The van der Waals surface area contributed by atoms with Crippen LogP contribution in [0.2, 0.25) is 0 Å². The zero-order valence-electron chi connectivity index (χ0n) is 14.5. The van der Waals surface area contributed by atoms with Crippen molar-refractivity contribution in [1.82, 2.24) is 10.6 Å². The molecule has 1 atom stereocenters. The standard InChI is InChI=1S/C19H21N3O4/c1-13-4-6-14(7-5-13)16-11-17(26-22-16)19(24)20-9-8-18(23)21-12-15-3-2-10-25-15/h2-7,10,17H,8-9,11-12H2,1H3,(H,20,24)(H,21,23). The molecule has 3 rings (SSSR count). The SMILES string of the molecule is Cc1ccc(C2=NOC(C(=O)NCCC(=O)NCc3ccco3)C2)cc1. The van der Waals surface area contributed by atoms with Crippen molar-refractivity contribution in [1.29, 1.82) is 0 Å². The first-order valence-electron chi connectivity index (χ1n) is 8.48. The molecule has 0 fully saturated rings. The van der Waals surface area contributed by atoms with E-state index in [1.165, 1.54) is 0 Å². The average Bonchev–Trinajstić information content (AvgIpc) is 3.32. The van der Waals surface area contributed by atoms with Gasteiger partial charge in [-0.3, -0.25) is 9.59 Å². The summed E-state index contributed by atoms with van der Waals surface area (Å²) < 4.78 is 5.13. The monoisotopic (exact) mass is 355 g/mol. The summed E-state index contributed by atoms with van der Waals surface area (Å²) in [5.74, 6) is 0.253. The fourth-order valence-electron chi connectivity index (χ4n) is 2.53. The molecule has 7 nitrogen and oxygen atoms in total. The molecule has 7 heteroatoms. The number of nitrogens with one attached hydrogen (secondary N) is 2. The van der Waals surface area contributed by atoms with Crippen molar-refractivity contribution in [2.45, 2.75) is 32.4 Å². The van der Waals surface area contributed by atoms with Gasteiger partial charge in [0.1, 0.15) is 5.76 Å². The minimum Gasteiger partial charge on any atom is -0.467 e. The van der Waals surface area contributed by atoms with E-state index in [2.05, 4.69) is 15.8 Å². The first-order valence-corrected chi connectivity index (χ1v) is 8.48. The zero-order chi connectivity index (χ0) is 18.4. The van der Waals surface area contributed by atoms with E-state index in [4.69, 9.17) is 9.25 Å². The average molecular weight is 355 g/mol. The molecule has 0 saturated heterocycles. The molecule has 1 unspecified atom stereocenters. The van der Waals surface area contributed by atoms with Crippen molar-refractivity contribution in [3.05, 3.63) is 59.5 Å². The highest BCUT2D eigenvalue weighted by molar-refractivity contribution is 6.04. The second kappa shape index (κ2) is 8.33. The van der Waals surface area contributed by atoms with Gasteiger partial charge in [0.2, 0.25) is 12.0 Å². The smallest absolute Gasteiger partial charge is 0.264 e. The number of carbonyl (C=O) groups excluding carboxylic acids is 2. The quantitative estimate of drug-likeness (QED) is 0.793. The Kier molecular flexibility index (Phi) is 5.68. The molecule has 136 valence electrons. The van der Waals surface area contributed by atoms with Crippen molar-refractivity contribution in [3.8, 4) is 0 Å². The number of furan rings is 1. The molecule has 0 radical (unpaired) electrons. The van der Waals surface area contributed by atoms with E-state index in [1.807, 2.05) is 31.2 Å². The van der Waals surface area contributed by atoms with Crippen molar-refractivity contribution < 1.29 is 18.8 Å². The van der Waals surface area contributed by atoms with Crippen molar-refractivity contribution >= 4 is 17.5 Å². The Morgan fingerprint density at radius 3 is 2.73 bits per heavy atom. The van der Waals surface area contributed by atoms with Crippen LogP contribution in [0, 0.1) is 6.92 Å². The number of amides is 2. The Balaban J connectivity index is 1.36. The topological polar surface area (TPSA) is 92.9 Å². The third-order valence-electron chi connectivity index (χ3n) is 4.04. The molecule has 0 saturated carbocycles. The van der Waals surface area contributed by atoms with Gasteiger partial charge >= 0.3 is 0 Å². The molecule has 1 aliphatic rings. The summed E-state index contributed by atoms with van der Waals surface area (Å²) in [6, 6.07) is 11.4. The summed E-state index contributed by atoms with van der Waals surface area (Å²) >= 11 is 0. The van der Waals surface area contributed by atoms with Crippen LogP contribution in [0.5, 0.6) is 0 Å². The Hall–Kier alpha value is -3.09. The molecule has 2 aromatic rings. The van der Waals surface area contributed by atoms with E-state index in [-0.39, 0.29) is 24.8 Å². The summed E-state index contributed by atoms with van der Waals surface area (Å²) in [6.45, 7) is 2.58. The van der Waals surface area contributed by atoms with Gasteiger partial charge in [-0.05, 0) is 24.6 Å². The molecule has 0 aliphatic carbocycles. The number of benzene rings is 1. The second-order valence-corrected chi connectivity index (χ2v) is 6.10. The minimum absolute atomic E-state index is 0.161. The number of nitrogens with zero attached hydrogens (tertiary/aromatic N) is 1. The predicted octanol–water partition coefficient (Wildman–Crippen LogP) is 1.90. The maximum Gasteiger partial charge on any atom is 0.264 e. The van der Waals surface area contributed by atoms with Gasteiger partial charge in [0.25, 0.3) is 5.91 Å². The molecule has 2 N–H and O–H groups in total. The van der Waals surface area contributed by atoms with Crippen LogP contribution in [0.15, 0.2) is 52.2 Å². The number of rotatable bonds is 7. The van der Waals surface area contributed by atoms with Gasteiger partial charge in [0, 0.05) is 19.4 Å². The van der Waals surface area contributed by atoms with E-state index in [0.717, 1.165) is 16.8 Å². The highest BCUT2D eigenvalue weighted by Gasteiger charge is 2.28. The van der Waals surface area contributed by atoms with Crippen molar-refractivity contribution in [2.24, 2.45) is 5.16 Å². The lowest BCUT2D eigenvalue weighted by Gasteiger charge is -2.09. The zero-order valence-corrected chi connectivity index (χ0v) is 14.5. The highest BCUT2D eigenvalue weighted by Crippen LogP contribution is 2.17. The maximum atomic E-state index is 12.1. The van der Waals surface area contributed by atoms with Crippen LogP contribution < -0.4 is 10.6 Å². The number of hydrogen-bond acceptors (Lipinski definition) is 5. The molecule has 2 heterocycles. The second-order valence-electron chi connectivity index (χ2n) is 6.10. The molecule has 2 amide bonds. The Labute approximate surface area is 151 Å². The molecule has 26 heavy (non-hydrogen) atoms. The third kappa shape index (κ3) is 4.72. The Bertz CT molecular complexity index is 782. The third-order valence-corrected chi connectivity index (χ3v) is 4.04. The van der Waals surface area contributed by atoms with Crippen LogP contribution in [0.4, 0.5) is 0 Å². The van der Waals surface area contributed by atoms with Gasteiger partial charge < -0.3 is 19.9 Å². The van der Waals surface area contributed by atoms with E-state index in [9.17, 15) is 9.59 Å². The van der Waals surface area contributed by atoms with Gasteiger partial charge in [0.15, 0.2) is 0 Å². The van der Waals surface area contributed by atoms with Crippen LogP contribution in [-0.4, -0.2) is 30.2 Å². The molecule has 0 bridgehead atoms. The van der Waals surface area contributed by atoms with E-state index in [1.54, 1.807) is 18.4 Å². The molecule has 0 spiro atoms. The van der Waals surface area contributed by atoms with Crippen molar-refractivity contribution in [2.75, 3.05) is 6.54 Å². The molecular formula is C19H21N3O4. The summed E-state index contributed by atoms with van der Waals surface area (Å²) in [5, 5.41) is 9.44. The Morgan fingerprint density at radius 1 is 1.19 bits per heavy atom. The van der Waals surface area contributed by atoms with Gasteiger partial charge in [-0.1, -0.05) is 35.0 Å². The molecule has 1 aliphatic heterocycles. The van der Waals surface area contributed by atoms with E-state index < -0.39 is 6.10 Å². The molecule has 1 aromatic carbocycles. The van der Waals surface area contributed by atoms with Gasteiger partial charge in [-0.25, -0.2) is 0 Å². The lowest BCUT2D eigenvalue weighted by atomic mass is 10.0. The molecule has 1 aromatic heterocycles. The fourth-order valence-corrected chi connectivity index (χ4v) is 2.53. The van der Waals surface area contributed by atoms with Crippen LogP contribution >= 0.6 is 0 Å². The lowest BCUT2D eigenvalue weighted by molar-refractivity contribution is -0.131. The summed E-state index contributed by atoms with van der Waals surface area (Å²) in [4.78, 5) is 29.1. The minimum atomic E-state index is -0.655. The maximum absolute atomic E-state index is 12.1. The summed E-state index contributed by atoms with van der Waals surface area (Å²) in [5.41, 5.74) is 2.86. The lowest BCUT2D eigenvalue weighted by Crippen LogP contribution is -2.37. The first kappa shape index (κ1) is 17.7. The normalized spacial score (nSPS) is 15.9. The van der Waals surface area contributed by atoms with E-state index in [0.29, 0.717) is 18.7 Å². The predicted molar refractivity (Wildman–Crippen MR) is 95.4 cm³/mol. The van der Waals surface area contributed by atoms with Gasteiger partial charge in [-0.2, -0.15) is 0 Å². The summed E-state index contributed by atoms with van der Waals surface area (Å²) in [7, 11) is 0. The first-order chi connectivity index (χ1) is 12.6. The van der Waals surface area contributed by atoms with E-state index >= 15 is 0 Å². The van der Waals surface area contributed by atoms with Crippen LogP contribution in [-0.2, 0) is 21.0 Å². The van der Waals surface area contributed by atoms with Crippen LogP contribution in [0.3, 0.4) is 0 Å². The number of aryl methyl sites for hydroxylation is 1. The van der Waals surface area contributed by atoms with Gasteiger partial charge in [-0.15, -0.1) is 0 Å². The number of oxime groups is 1.